The number of benzene rings is 1. The summed E-state index contributed by atoms with van der Waals surface area (Å²) in [6.07, 6.45) is 5.95. The van der Waals surface area contributed by atoms with Crippen LogP contribution in [0.1, 0.15) is 37.0 Å². The summed E-state index contributed by atoms with van der Waals surface area (Å²) in [6.45, 7) is 9.32. The van der Waals surface area contributed by atoms with Crippen molar-refractivity contribution in [1.29, 1.82) is 0 Å². The van der Waals surface area contributed by atoms with Gasteiger partial charge in [0, 0.05) is 18.7 Å². The molecule has 0 radical (unpaired) electrons. The number of unbranched alkanes of at least 4 members (excludes halogenated alkanes) is 1. The molecule has 1 aromatic heterocycles. The molecule has 0 aliphatic rings. The molecule has 5 nitrogen and oxygen atoms in total. The minimum atomic E-state index is -0.0501. The summed E-state index contributed by atoms with van der Waals surface area (Å²) in [7, 11) is 0. The lowest BCUT2D eigenvalue weighted by molar-refractivity contribution is 0.0953. The third-order valence-electron chi connectivity index (χ3n) is 3.45. The molecular formula is C18H24N4O. The molecular weight excluding hydrogens is 288 g/mol. The van der Waals surface area contributed by atoms with Gasteiger partial charge in [-0.05, 0) is 37.1 Å². The first-order valence-corrected chi connectivity index (χ1v) is 7.96. The Hall–Kier alpha value is -2.56. The molecule has 122 valence electrons. The molecule has 3 N–H and O–H groups in total. The fourth-order valence-corrected chi connectivity index (χ4v) is 2.21. The third kappa shape index (κ3) is 4.71. The van der Waals surface area contributed by atoms with Gasteiger partial charge in [0.2, 0.25) is 5.95 Å². The number of fused-ring (bicyclic) bond motifs is 1. The van der Waals surface area contributed by atoms with Gasteiger partial charge in [0.25, 0.3) is 5.91 Å². The van der Waals surface area contributed by atoms with Gasteiger partial charge < -0.3 is 15.6 Å². The predicted molar refractivity (Wildman–Crippen MR) is 95.8 cm³/mol. The molecule has 0 saturated heterocycles. The number of carbonyl (C=O) groups is 1. The van der Waals surface area contributed by atoms with E-state index in [-0.39, 0.29) is 5.91 Å². The standard InChI is InChI=1S/C18H24N4O/c1-4-6-10-19-17(23)14-8-9-15-16(11-14)22-18(21-15)20-12-13(3)7-5-2/h5,7-9,11H,3-4,6,10,12H2,1-2H3,(H,19,23)(H2,20,21,22)/b7-5-. The van der Waals surface area contributed by atoms with Gasteiger partial charge in [-0.2, -0.15) is 0 Å². The molecule has 1 aromatic carbocycles. The van der Waals surface area contributed by atoms with Crippen molar-refractivity contribution in [2.45, 2.75) is 26.7 Å². The van der Waals surface area contributed by atoms with Crippen molar-refractivity contribution in [2.75, 3.05) is 18.4 Å². The summed E-state index contributed by atoms with van der Waals surface area (Å²) in [5, 5.41) is 6.11. The van der Waals surface area contributed by atoms with Crippen molar-refractivity contribution in [3.05, 3.63) is 48.1 Å². The topological polar surface area (TPSA) is 69.8 Å². The summed E-state index contributed by atoms with van der Waals surface area (Å²) in [4.78, 5) is 19.7. The van der Waals surface area contributed by atoms with Crippen LogP contribution in [-0.4, -0.2) is 29.0 Å². The van der Waals surface area contributed by atoms with E-state index < -0.39 is 0 Å². The van der Waals surface area contributed by atoms with E-state index in [4.69, 9.17) is 0 Å². The maximum absolute atomic E-state index is 12.1. The molecule has 5 heteroatoms. The van der Waals surface area contributed by atoms with Gasteiger partial charge in [-0.25, -0.2) is 4.98 Å². The first-order valence-electron chi connectivity index (χ1n) is 7.96. The van der Waals surface area contributed by atoms with Crippen LogP contribution >= 0.6 is 0 Å². The summed E-state index contributed by atoms with van der Waals surface area (Å²) in [5.74, 6) is 0.625. The molecule has 2 aromatic rings. The number of aromatic amines is 1. The van der Waals surface area contributed by atoms with Crippen LogP contribution in [0, 0.1) is 0 Å². The van der Waals surface area contributed by atoms with E-state index in [1.807, 2.05) is 31.2 Å². The van der Waals surface area contributed by atoms with E-state index in [2.05, 4.69) is 34.1 Å². The first-order chi connectivity index (χ1) is 11.1. The van der Waals surface area contributed by atoms with Gasteiger partial charge >= 0.3 is 0 Å². The number of carbonyl (C=O) groups excluding carboxylic acids is 1. The van der Waals surface area contributed by atoms with Crippen LogP contribution in [0.4, 0.5) is 5.95 Å². The molecule has 0 aliphatic carbocycles. The average Bonchev–Trinajstić information content (AvgIpc) is 2.95. The molecule has 0 fully saturated rings. The zero-order chi connectivity index (χ0) is 16.7. The zero-order valence-electron chi connectivity index (χ0n) is 13.8. The number of amides is 1. The van der Waals surface area contributed by atoms with Crippen LogP contribution in [0.2, 0.25) is 0 Å². The fourth-order valence-electron chi connectivity index (χ4n) is 2.21. The van der Waals surface area contributed by atoms with E-state index >= 15 is 0 Å². The summed E-state index contributed by atoms with van der Waals surface area (Å²) in [5.41, 5.74) is 3.28. The molecule has 2 rings (SSSR count). The molecule has 0 spiro atoms. The number of nitrogens with zero attached hydrogens (tertiary/aromatic N) is 1. The number of hydrogen-bond donors (Lipinski definition) is 3. The number of aromatic nitrogens is 2. The van der Waals surface area contributed by atoms with Gasteiger partial charge in [0.15, 0.2) is 0 Å². The minimum Gasteiger partial charge on any atom is -0.352 e. The Balaban J connectivity index is 2.05. The Kier molecular flexibility index (Phi) is 5.97. The minimum absolute atomic E-state index is 0.0501. The van der Waals surface area contributed by atoms with Crippen LogP contribution in [0.25, 0.3) is 11.0 Å². The maximum Gasteiger partial charge on any atom is 0.251 e. The lowest BCUT2D eigenvalue weighted by Gasteiger charge is -2.03. The molecule has 23 heavy (non-hydrogen) atoms. The summed E-state index contributed by atoms with van der Waals surface area (Å²) < 4.78 is 0. The Morgan fingerprint density at radius 3 is 3.00 bits per heavy atom. The monoisotopic (exact) mass is 312 g/mol. The highest BCUT2D eigenvalue weighted by Crippen LogP contribution is 2.16. The number of rotatable bonds is 8. The zero-order valence-corrected chi connectivity index (χ0v) is 13.8. The predicted octanol–water partition coefficient (Wildman–Crippen LogP) is 3.64. The second-order valence-corrected chi connectivity index (χ2v) is 5.44. The first kappa shape index (κ1) is 16.8. The lowest BCUT2D eigenvalue weighted by Crippen LogP contribution is -2.24. The summed E-state index contributed by atoms with van der Waals surface area (Å²) in [6, 6.07) is 5.48. The van der Waals surface area contributed by atoms with Crippen molar-refractivity contribution in [1.82, 2.24) is 15.3 Å². The molecule has 0 aliphatic heterocycles. The number of H-pyrrole nitrogens is 1. The molecule has 1 heterocycles. The van der Waals surface area contributed by atoms with Crippen molar-refractivity contribution >= 4 is 22.9 Å². The van der Waals surface area contributed by atoms with Crippen LogP contribution in [0.5, 0.6) is 0 Å². The number of imidazole rings is 1. The van der Waals surface area contributed by atoms with E-state index in [1.165, 1.54) is 0 Å². The smallest absolute Gasteiger partial charge is 0.251 e. The maximum atomic E-state index is 12.1. The SMILES string of the molecule is C=C(/C=C\C)CNc1nc2ccc(C(=O)NCCCC)cc2[nH]1. The Morgan fingerprint density at radius 2 is 2.26 bits per heavy atom. The lowest BCUT2D eigenvalue weighted by atomic mass is 10.2. The largest absolute Gasteiger partial charge is 0.352 e. The van der Waals surface area contributed by atoms with Gasteiger partial charge in [-0.3, -0.25) is 4.79 Å². The second kappa shape index (κ2) is 8.17. The fraction of sp³-hybridized carbons (Fsp3) is 0.333. The van der Waals surface area contributed by atoms with Crippen LogP contribution < -0.4 is 10.6 Å². The molecule has 1 amide bonds. The van der Waals surface area contributed by atoms with Gasteiger partial charge in [0.05, 0.1) is 11.0 Å². The highest BCUT2D eigenvalue weighted by Gasteiger charge is 2.08. The van der Waals surface area contributed by atoms with E-state index in [9.17, 15) is 4.79 Å². The highest BCUT2D eigenvalue weighted by atomic mass is 16.1. The van der Waals surface area contributed by atoms with Gasteiger partial charge in [-0.1, -0.05) is 32.1 Å². The molecule has 0 atom stereocenters. The molecule has 0 saturated carbocycles. The molecule has 0 unspecified atom stereocenters. The number of nitrogens with one attached hydrogen (secondary N) is 3. The van der Waals surface area contributed by atoms with E-state index in [1.54, 1.807) is 6.07 Å². The normalized spacial score (nSPS) is 11.0. The van der Waals surface area contributed by atoms with Crippen molar-refractivity contribution in [2.24, 2.45) is 0 Å². The Morgan fingerprint density at radius 1 is 1.43 bits per heavy atom. The van der Waals surface area contributed by atoms with Crippen LogP contribution in [0.15, 0.2) is 42.5 Å². The highest BCUT2D eigenvalue weighted by molar-refractivity contribution is 5.97. The number of hydrogen-bond acceptors (Lipinski definition) is 3. The van der Waals surface area contributed by atoms with E-state index in [0.29, 0.717) is 24.6 Å². The number of allylic oxidation sites excluding steroid dienone is 1. The van der Waals surface area contributed by atoms with Crippen LogP contribution in [-0.2, 0) is 0 Å². The second-order valence-electron chi connectivity index (χ2n) is 5.44. The third-order valence-corrected chi connectivity index (χ3v) is 3.45. The van der Waals surface area contributed by atoms with Crippen molar-refractivity contribution < 1.29 is 4.79 Å². The average molecular weight is 312 g/mol. The van der Waals surface area contributed by atoms with E-state index in [0.717, 1.165) is 29.4 Å². The van der Waals surface area contributed by atoms with Crippen LogP contribution in [0.3, 0.4) is 0 Å². The Bertz CT molecular complexity index is 715. The van der Waals surface area contributed by atoms with Crippen molar-refractivity contribution in [3.63, 3.8) is 0 Å². The van der Waals surface area contributed by atoms with Gasteiger partial charge in [0.1, 0.15) is 0 Å². The number of anilines is 1. The summed E-state index contributed by atoms with van der Waals surface area (Å²) >= 11 is 0. The van der Waals surface area contributed by atoms with Crippen molar-refractivity contribution in [3.8, 4) is 0 Å². The quantitative estimate of drug-likeness (QED) is 0.515. The van der Waals surface area contributed by atoms with Gasteiger partial charge in [-0.15, -0.1) is 0 Å². The molecule has 0 bridgehead atoms. The Labute approximate surface area is 136 Å².